The van der Waals surface area contributed by atoms with Gasteiger partial charge < -0.3 is 15.0 Å². The molecule has 122 valence electrons. The highest BCUT2D eigenvalue weighted by Crippen LogP contribution is 2.31. The number of rotatable bonds is 4. The topological polar surface area (TPSA) is 24.5 Å². The molecule has 2 aromatic carbocycles. The first-order valence-electron chi connectivity index (χ1n) is 7.78. The van der Waals surface area contributed by atoms with Gasteiger partial charge in [0, 0.05) is 18.7 Å². The number of hydrogen-bond donors (Lipinski definition) is 1. The van der Waals surface area contributed by atoms with Crippen molar-refractivity contribution in [3.8, 4) is 0 Å². The summed E-state index contributed by atoms with van der Waals surface area (Å²) >= 11 is 0. The molecule has 23 heavy (non-hydrogen) atoms. The van der Waals surface area contributed by atoms with Gasteiger partial charge in [-0.05, 0) is 31.2 Å². The Morgan fingerprint density at radius 2 is 1.83 bits per heavy atom. The first-order chi connectivity index (χ1) is 11.1. The molecule has 0 bridgehead atoms. The number of hydrogen-bond acceptors (Lipinski definition) is 3. The molecule has 0 aliphatic carbocycles. The van der Waals surface area contributed by atoms with Crippen molar-refractivity contribution in [2.24, 2.45) is 0 Å². The highest BCUT2D eigenvalue weighted by molar-refractivity contribution is 5.71. The number of nitrogens with one attached hydrogen (secondary N) is 1. The summed E-state index contributed by atoms with van der Waals surface area (Å²) in [5, 5.41) is 3.30. The summed E-state index contributed by atoms with van der Waals surface area (Å²) < 4.78 is 33.0. The lowest BCUT2D eigenvalue weighted by Crippen LogP contribution is -2.36. The SMILES string of the molecule is CC(Nc1ccc(F)cc1N1CCOCC1)c1ccccc1F. The van der Waals surface area contributed by atoms with E-state index in [-0.39, 0.29) is 17.7 Å². The largest absolute Gasteiger partial charge is 0.378 e. The summed E-state index contributed by atoms with van der Waals surface area (Å²) in [7, 11) is 0. The van der Waals surface area contributed by atoms with E-state index in [9.17, 15) is 8.78 Å². The zero-order chi connectivity index (χ0) is 16.2. The predicted molar refractivity (Wildman–Crippen MR) is 87.9 cm³/mol. The lowest BCUT2D eigenvalue weighted by Gasteiger charge is -2.31. The third-order valence-corrected chi connectivity index (χ3v) is 4.06. The van der Waals surface area contributed by atoms with Gasteiger partial charge in [0.15, 0.2) is 0 Å². The van der Waals surface area contributed by atoms with Gasteiger partial charge in [-0.25, -0.2) is 8.78 Å². The van der Waals surface area contributed by atoms with Crippen LogP contribution in [-0.4, -0.2) is 26.3 Å². The van der Waals surface area contributed by atoms with Gasteiger partial charge in [0.05, 0.1) is 30.6 Å². The van der Waals surface area contributed by atoms with Crippen LogP contribution >= 0.6 is 0 Å². The predicted octanol–water partition coefficient (Wildman–Crippen LogP) is 3.97. The molecule has 3 nitrogen and oxygen atoms in total. The molecule has 1 atom stereocenters. The van der Waals surface area contributed by atoms with Crippen LogP contribution in [0.5, 0.6) is 0 Å². The third-order valence-electron chi connectivity index (χ3n) is 4.06. The number of nitrogens with zero attached hydrogens (tertiary/aromatic N) is 1. The Morgan fingerprint density at radius 1 is 1.09 bits per heavy atom. The zero-order valence-electron chi connectivity index (χ0n) is 13.1. The molecule has 1 unspecified atom stereocenters. The summed E-state index contributed by atoms with van der Waals surface area (Å²) in [5.74, 6) is -0.530. The van der Waals surface area contributed by atoms with Crippen LogP contribution in [0.4, 0.5) is 20.2 Å². The van der Waals surface area contributed by atoms with Crippen molar-refractivity contribution in [1.29, 1.82) is 0 Å². The Hall–Kier alpha value is -2.14. The molecule has 0 amide bonds. The van der Waals surface area contributed by atoms with Gasteiger partial charge in [0.1, 0.15) is 11.6 Å². The molecule has 1 aliphatic heterocycles. The lowest BCUT2D eigenvalue weighted by molar-refractivity contribution is 0.122. The maximum atomic E-state index is 13.9. The van der Waals surface area contributed by atoms with Crippen LogP contribution in [0.3, 0.4) is 0 Å². The second-order valence-corrected chi connectivity index (χ2v) is 5.65. The fraction of sp³-hybridized carbons (Fsp3) is 0.333. The van der Waals surface area contributed by atoms with Crippen molar-refractivity contribution in [3.05, 3.63) is 59.7 Å². The third kappa shape index (κ3) is 3.62. The first-order valence-corrected chi connectivity index (χ1v) is 7.78. The van der Waals surface area contributed by atoms with Crippen molar-refractivity contribution in [1.82, 2.24) is 0 Å². The van der Waals surface area contributed by atoms with E-state index in [2.05, 4.69) is 10.2 Å². The minimum Gasteiger partial charge on any atom is -0.378 e. The molecule has 3 rings (SSSR count). The van der Waals surface area contributed by atoms with Crippen LogP contribution in [0.2, 0.25) is 0 Å². The molecule has 1 heterocycles. The highest BCUT2D eigenvalue weighted by Gasteiger charge is 2.18. The normalized spacial score (nSPS) is 16.2. The van der Waals surface area contributed by atoms with E-state index in [1.807, 2.05) is 13.0 Å². The zero-order valence-corrected chi connectivity index (χ0v) is 13.1. The number of halogens is 2. The van der Waals surface area contributed by atoms with Crippen LogP contribution in [0.25, 0.3) is 0 Å². The Kier molecular flexibility index (Phi) is 4.76. The van der Waals surface area contributed by atoms with E-state index in [0.717, 1.165) is 11.4 Å². The molecule has 1 N–H and O–H groups in total. The number of ether oxygens (including phenoxy) is 1. The second-order valence-electron chi connectivity index (χ2n) is 5.65. The molecule has 0 radical (unpaired) electrons. The molecule has 0 aromatic heterocycles. The molecule has 0 saturated carbocycles. The van der Waals surface area contributed by atoms with Gasteiger partial charge in [0.25, 0.3) is 0 Å². The minimum atomic E-state index is -0.282. The van der Waals surface area contributed by atoms with Gasteiger partial charge in [0.2, 0.25) is 0 Å². The van der Waals surface area contributed by atoms with Crippen LogP contribution in [0.1, 0.15) is 18.5 Å². The van der Waals surface area contributed by atoms with Crippen molar-refractivity contribution in [2.75, 3.05) is 36.5 Å². The molecule has 1 fully saturated rings. The average molecular weight is 318 g/mol. The van der Waals surface area contributed by atoms with Crippen molar-refractivity contribution >= 4 is 11.4 Å². The number of morpholine rings is 1. The summed E-state index contributed by atoms with van der Waals surface area (Å²) in [5.41, 5.74) is 2.17. The maximum Gasteiger partial charge on any atom is 0.128 e. The van der Waals surface area contributed by atoms with E-state index in [0.29, 0.717) is 31.9 Å². The quantitative estimate of drug-likeness (QED) is 0.923. The van der Waals surface area contributed by atoms with Gasteiger partial charge >= 0.3 is 0 Å². The lowest BCUT2D eigenvalue weighted by atomic mass is 10.1. The van der Waals surface area contributed by atoms with E-state index < -0.39 is 0 Å². The molecular formula is C18H20F2N2O. The smallest absolute Gasteiger partial charge is 0.128 e. The standard InChI is InChI=1S/C18H20F2N2O/c1-13(15-4-2-3-5-16(15)20)21-17-7-6-14(19)12-18(17)22-8-10-23-11-9-22/h2-7,12-13,21H,8-11H2,1H3. The number of benzene rings is 2. The van der Waals surface area contributed by atoms with E-state index in [1.54, 1.807) is 18.2 Å². The van der Waals surface area contributed by atoms with Crippen LogP contribution in [-0.2, 0) is 4.74 Å². The van der Waals surface area contributed by atoms with Crippen molar-refractivity contribution in [3.63, 3.8) is 0 Å². The van der Waals surface area contributed by atoms with Crippen LogP contribution < -0.4 is 10.2 Å². The summed E-state index contributed by atoms with van der Waals surface area (Å²) in [6.45, 7) is 4.57. The molecular weight excluding hydrogens is 298 g/mol. The van der Waals surface area contributed by atoms with Crippen LogP contribution in [0.15, 0.2) is 42.5 Å². The van der Waals surface area contributed by atoms with Crippen molar-refractivity contribution < 1.29 is 13.5 Å². The summed E-state index contributed by atoms with van der Waals surface area (Å²) in [6, 6.07) is 11.1. The fourth-order valence-electron chi connectivity index (χ4n) is 2.83. The molecule has 2 aromatic rings. The van der Waals surface area contributed by atoms with Gasteiger partial charge in [-0.1, -0.05) is 18.2 Å². The Morgan fingerprint density at radius 3 is 2.57 bits per heavy atom. The monoisotopic (exact) mass is 318 g/mol. The highest BCUT2D eigenvalue weighted by atomic mass is 19.1. The van der Waals surface area contributed by atoms with E-state index in [4.69, 9.17) is 4.74 Å². The maximum absolute atomic E-state index is 13.9. The summed E-state index contributed by atoms with van der Waals surface area (Å²) in [4.78, 5) is 2.09. The molecule has 1 saturated heterocycles. The Labute approximate surface area is 134 Å². The van der Waals surface area contributed by atoms with E-state index in [1.165, 1.54) is 18.2 Å². The van der Waals surface area contributed by atoms with Gasteiger partial charge in [-0.15, -0.1) is 0 Å². The number of anilines is 2. The molecule has 1 aliphatic rings. The molecule has 5 heteroatoms. The molecule has 0 spiro atoms. The van der Waals surface area contributed by atoms with Crippen molar-refractivity contribution in [2.45, 2.75) is 13.0 Å². The Balaban J connectivity index is 1.86. The first kappa shape index (κ1) is 15.7. The Bertz CT molecular complexity index is 672. The minimum absolute atomic E-state index is 0.221. The van der Waals surface area contributed by atoms with Gasteiger partial charge in [-0.2, -0.15) is 0 Å². The van der Waals surface area contributed by atoms with Crippen LogP contribution in [0, 0.1) is 11.6 Å². The fourth-order valence-corrected chi connectivity index (χ4v) is 2.83. The second kappa shape index (κ2) is 6.96. The summed E-state index contributed by atoms with van der Waals surface area (Å²) in [6.07, 6.45) is 0. The average Bonchev–Trinajstić information content (AvgIpc) is 2.57. The van der Waals surface area contributed by atoms with E-state index >= 15 is 0 Å². The van der Waals surface area contributed by atoms with Gasteiger partial charge in [-0.3, -0.25) is 0 Å².